The van der Waals surface area contributed by atoms with E-state index in [0.717, 1.165) is 15.7 Å². The molecule has 3 nitrogen and oxygen atoms in total. The molecule has 0 saturated heterocycles. The highest BCUT2D eigenvalue weighted by Gasteiger charge is 2.12. The van der Waals surface area contributed by atoms with E-state index in [1.807, 2.05) is 25.1 Å². The largest absolute Gasteiger partial charge is 0.396 e. The lowest BCUT2D eigenvalue weighted by Crippen LogP contribution is -2.26. The summed E-state index contributed by atoms with van der Waals surface area (Å²) in [7, 11) is 1.76. The number of benzene rings is 1. The molecule has 0 unspecified atom stereocenters. The van der Waals surface area contributed by atoms with Crippen LogP contribution in [0.1, 0.15) is 18.4 Å². The Morgan fingerprint density at radius 1 is 1.50 bits per heavy atom. The molecule has 1 N–H and O–H groups in total. The van der Waals surface area contributed by atoms with Crippen molar-refractivity contribution in [3.05, 3.63) is 28.2 Å². The molecule has 1 amide bonds. The quantitative estimate of drug-likeness (QED) is 0.923. The molecule has 1 rings (SSSR count). The van der Waals surface area contributed by atoms with Crippen LogP contribution >= 0.6 is 15.9 Å². The second-order valence-corrected chi connectivity index (χ2v) is 4.63. The second-order valence-electron chi connectivity index (χ2n) is 3.71. The Kier molecular flexibility index (Phi) is 4.96. The third kappa shape index (κ3) is 3.32. The number of aliphatic hydroxyl groups excluding tert-OH is 1. The summed E-state index contributed by atoms with van der Waals surface area (Å²) in [6.45, 7) is 2.02. The van der Waals surface area contributed by atoms with Crippen LogP contribution in [0, 0.1) is 6.92 Å². The fourth-order valence-electron chi connectivity index (χ4n) is 1.48. The summed E-state index contributed by atoms with van der Waals surface area (Å²) in [6.07, 6.45) is 0.884. The molecule has 16 heavy (non-hydrogen) atoms. The molecule has 0 atom stereocenters. The first-order chi connectivity index (χ1) is 7.56. The topological polar surface area (TPSA) is 40.5 Å². The number of halogens is 1. The van der Waals surface area contributed by atoms with Gasteiger partial charge in [0.25, 0.3) is 0 Å². The first-order valence-electron chi connectivity index (χ1n) is 5.20. The van der Waals surface area contributed by atoms with Gasteiger partial charge >= 0.3 is 0 Å². The number of aliphatic hydroxyl groups is 1. The number of hydrogen-bond donors (Lipinski definition) is 1. The van der Waals surface area contributed by atoms with Crippen LogP contribution < -0.4 is 4.90 Å². The molecule has 0 saturated carbocycles. The van der Waals surface area contributed by atoms with Crippen LogP contribution in [-0.2, 0) is 4.79 Å². The zero-order chi connectivity index (χ0) is 12.1. The van der Waals surface area contributed by atoms with Gasteiger partial charge in [0, 0.05) is 30.2 Å². The Morgan fingerprint density at radius 2 is 2.19 bits per heavy atom. The van der Waals surface area contributed by atoms with Gasteiger partial charge in [-0.2, -0.15) is 0 Å². The number of hydrogen-bond acceptors (Lipinski definition) is 2. The molecule has 0 heterocycles. The lowest BCUT2D eigenvalue weighted by molar-refractivity contribution is -0.118. The van der Waals surface area contributed by atoms with Crippen LogP contribution in [0.3, 0.4) is 0 Å². The van der Waals surface area contributed by atoms with Gasteiger partial charge in [0.1, 0.15) is 0 Å². The Labute approximate surface area is 104 Å². The summed E-state index contributed by atoms with van der Waals surface area (Å²) in [5.74, 6) is 0.0234. The summed E-state index contributed by atoms with van der Waals surface area (Å²) in [4.78, 5) is 13.4. The zero-order valence-electron chi connectivity index (χ0n) is 9.53. The van der Waals surface area contributed by atoms with Crippen molar-refractivity contribution >= 4 is 27.5 Å². The first-order valence-corrected chi connectivity index (χ1v) is 5.99. The molecule has 0 radical (unpaired) electrons. The molecule has 1 aromatic carbocycles. The second kappa shape index (κ2) is 6.01. The van der Waals surface area contributed by atoms with Crippen LogP contribution in [0.15, 0.2) is 22.7 Å². The Bertz CT molecular complexity index is 379. The lowest BCUT2D eigenvalue weighted by Gasteiger charge is -2.19. The van der Waals surface area contributed by atoms with E-state index in [2.05, 4.69) is 15.9 Å². The number of nitrogens with zero attached hydrogens (tertiary/aromatic N) is 1. The summed E-state index contributed by atoms with van der Waals surface area (Å²) >= 11 is 3.39. The van der Waals surface area contributed by atoms with Gasteiger partial charge in [-0.05, 0) is 31.0 Å². The maximum absolute atomic E-state index is 11.8. The summed E-state index contributed by atoms with van der Waals surface area (Å²) in [5, 5.41) is 8.69. The van der Waals surface area contributed by atoms with E-state index < -0.39 is 0 Å². The van der Waals surface area contributed by atoms with Crippen LogP contribution in [0.4, 0.5) is 5.69 Å². The van der Waals surface area contributed by atoms with Gasteiger partial charge in [-0.15, -0.1) is 0 Å². The third-order valence-electron chi connectivity index (χ3n) is 2.46. The molecule has 0 spiro atoms. The van der Waals surface area contributed by atoms with Crippen LogP contribution in [0.5, 0.6) is 0 Å². The van der Waals surface area contributed by atoms with E-state index in [0.29, 0.717) is 12.8 Å². The molecule has 88 valence electrons. The predicted molar refractivity (Wildman–Crippen MR) is 68.6 cm³/mol. The van der Waals surface area contributed by atoms with Gasteiger partial charge in [0.05, 0.1) is 0 Å². The first kappa shape index (κ1) is 13.2. The highest BCUT2D eigenvalue weighted by molar-refractivity contribution is 9.10. The molecule has 1 aromatic rings. The summed E-state index contributed by atoms with van der Waals surface area (Å²) < 4.78 is 0.954. The standard InChI is InChI=1S/C12H16BrNO2/c1-9-5-6-10(13)8-11(9)14(2)12(16)4-3-7-15/h5-6,8,15H,3-4,7H2,1-2H3. The molecule has 0 aliphatic rings. The van der Waals surface area contributed by atoms with Crippen LogP contribution in [-0.4, -0.2) is 24.7 Å². The monoisotopic (exact) mass is 285 g/mol. The number of rotatable bonds is 4. The number of anilines is 1. The van der Waals surface area contributed by atoms with E-state index in [1.54, 1.807) is 11.9 Å². The van der Waals surface area contributed by atoms with Crippen molar-refractivity contribution in [2.24, 2.45) is 0 Å². The van der Waals surface area contributed by atoms with Crippen molar-refractivity contribution in [2.75, 3.05) is 18.6 Å². The maximum Gasteiger partial charge on any atom is 0.226 e. The van der Waals surface area contributed by atoms with E-state index in [-0.39, 0.29) is 12.5 Å². The van der Waals surface area contributed by atoms with Gasteiger partial charge in [-0.25, -0.2) is 0 Å². The summed E-state index contributed by atoms with van der Waals surface area (Å²) in [6, 6.07) is 5.84. The highest BCUT2D eigenvalue weighted by Crippen LogP contribution is 2.24. The number of carbonyl (C=O) groups excluding carboxylic acids is 1. The lowest BCUT2D eigenvalue weighted by atomic mass is 10.1. The van der Waals surface area contributed by atoms with E-state index >= 15 is 0 Å². The minimum absolute atomic E-state index is 0.0234. The molecular weight excluding hydrogens is 270 g/mol. The fraction of sp³-hybridized carbons (Fsp3) is 0.417. The number of amides is 1. The number of aryl methyl sites for hydroxylation is 1. The average Bonchev–Trinajstić information content (AvgIpc) is 2.28. The van der Waals surface area contributed by atoms with Gasteiger partial charge in [-0.1, -0.05) is 22.0 Å². The van der Waals surface area contributed by atoms with Crippen molar-refractivity contribution in [3.8, 4) is 0 Å². The fourth-order valence-corrected chi connectivity index (χ4v) is 1.83. The van der Waals surface area contributed by atoms with Crippen molar-refractivity contribution in [1.29, 1.82) is 0 Å². The molecule has 0 aliphatic heterocycles. The molecule has 0 fully saturated rings. The SMILES string of the molecule is Cc1ccc(Br)cc1N(C)C(=O)CCCO. The van der Waals surface area contributed by atoms with Crippen molar-refractivity contribution in [3.63, 3.8) is 0 Å². The van der Waals surface area contributed by atoms with Crippen molar-refractivity contribution in [1.82, 2.24) is 0 Å². The number of carbonyl (C=O) groups is 1. The van der Waals surface area contributed by atoms with E-state index in [1.165, 1.54) is 0 Å². The molecule has 0 bridgehead atoms. The van der Waals surface area contributed by atoms with Crippen LogP contribution in [0.25, 0.3) is 0 Å². The van der Waals surface area contributed by atoms with Gasteiger partial charge in [0.15, 0.2) is 0 Å². The van der Waals surface area contributed by atoms with Gasteiger partial charge < -0.3 is 10.0 Å². The Hall–Kier alpha value is -0.870. The van der Waals surface area contributed by atoms with Crippen molar-refractivity contribution < 1.29 is 9.90 Å². The molecule has 0 aromatic heterocycles. The van der Waals surface area contributed by atoms with E-state index in [4.69, 9.17) is 5.11 Å². The minimum atomic E-state index is 0.0234. The molecular formula is C12H16BrNO2. The Balaban J connectivity index is 2.82. The molecule has 4 heteroatoms. The van der Waals surface area contributed by atoms with Crippen molar-refractivity contribution in [2.45, 2.75) is 19.8 Å². The van der Waals surface area contributed by atoms with Gasteiger partial charge in [0.2, 0.25) is 5.91 Å². The maximum atomic E-state index is 11.8. The van der Waals surface area contributed by atoms with E-state index in [9.17, 15) is 4.79 Å². The average molecular weight is 286 g/mol. The normalized spacial score (nSPS) is 10.2. The minimum Gasteiger partial charge on any atom is -0.396 e. The predicted octanol–water partition coefficient (Wildman–Crippen LogP) is 2.49. The highest BCUT2D eigenvalue weighted by atomic mass is 79.9. The van der Waals surface area contributed by atoms with Gasteiger partial charge in [-0.3, -0.25) is 4.79 Å². The summed E-state index contributed by atoms with van der Waals surface area (Å²) in [5.41, 5.74) is 1.96. The third-order valence-corrected chi connectivity index (χ3v) is 2.95. The Morgan fingerprint density at radius 3 is 2.81 bits per heavy atom. The van der Waals surface area contributed by atoms with Crippen LogP contribution in [0.2, 0.25) is 0 Å². The smallest absolute Gasteiger partial charge is 0.226 e. The molecule has 0 aliphatic carbocycles. The zero-order valence-corrected chi connectivity index (χ0v) is 11.1.